The molecule has 0 fully saturated rings. The Balaban J connectivity index is 0.00000256. The summed E-state index contributed by atoms with van der Waals surface area (Å²) >= 11 is 0. The molecule has 0 radical (unpaired) electrons. The summed E-state index contributed by atoms with van der Waals surface area (Å²) in [5, 5.41) is 0. The Morgan fingerprint density at radius 2 is 1.65 bits per heavy atom. The Morgan fingerprint density at radius 1 is 1.18 bits per heavy atom. The molecule has 0 aliphatic heterocycles. The summed E-state index contributed by atoms with van der Waals surface area (Å²) in [7, 11) is -3.43. The highest BCUT2D eigenvalue weighted by atomic mass is 35.5. The molecule has 0 aliphatic rings. The molecule has 1 rings (SSSR count). The van der Waals surface area contributed by atoms with Crippen molar-refractivity contribution in [1.29, 1.82) is 0 Å². The summed E-state index contributed by atoms with van der Waals surface area (Å²) in [5.41, 5.74) is 7.88. The van der Waals surface area contributed by atoms with Crippen molar-refractivity contribution in [3.05, 3.63) is 28.8 Å². The van der Waals surface area contributed by atoms with Crippen LogP contribution in [0.4, 0.5) is 0 Å². The SMILES string of the molecule is Cc1cc(C)c(S(=O)(=O)NCCN)c(C)c1.Cl. The average Bonchev–Trinajstić information content (AvgIpc) is 2.12. The van der Waals surface area contributed by atoms with E-state index in [1.165, 1.54) is 0 Å². The fourth-order valence-electron chi connectivity index (χ4n) is 1.86. The molecule has 0 aliphatic carbocycles. The number of hydrogen-bond acceptors (Lipinski definition) is 3. The first-order valence-corrected chi connectivity index (χ1v) is 6.64. The van der Waals surface area contributed by atoms with Gasteiger partial charge < -0.3 is 5.73 Å². The summed E-state index contributed by atoms with van der Waals surface area (Å²) in [6, 6.07) is 3.73. The summed E-state index contributed by atoms with van der Waals surface area (Å²) in [5.74, 6) is 0. The van der Waals surface area contributed by atoms with Crippen molar-refractivity contribution in [3.8, 4) is 0 Å². The highest BCUT2D eigenvalue weighted by Crippen LogP contribution is 2.21. The second-order valence-corrected chi connectivity index (χ2v) is 5.62. The molecule has 6 heteroatoms. The van der Waals surface area contributed by atoms with Gasteiger partial charge in [-0.2, -0.15) is 0 Å². The molecule has 98 valence electrons. The Labute approximate surface area is 109 Å². The Kier molecular flexibility index (Phi) is 6.12. The Morgan fingerprint density at radius 3 is 2.06 bits per heavy atom. The van der Waals surface area contributed by atoms with Gasteiger partial charge >= 0.3 is 0 Å². The van der Waals surface area contributed by atoms with Gasteiger partial charge in [0.15, 0.2) is 0 Å². The predicted octanol–water partition coefficient (Wildman–Crippen LogP) is 1.27. The van der Waals surface area contributed by atoms with Crippen LogP contribution in [0.3, 0.4) is 0 Å². The van der Waals surface area contributed by atoms with Gasteiger partial charge in [0.1, 0.15) is 0 Å². The van der Waals surface area contributed by atoms with Crippen molar-refractivity contribution in [2.45, 2.75) is 25.7 Å². The van der Waals surface area contributed by atoms with Gasteiger partial charge in [-0.25, -0.2) is 13.1 Å². The molecule has 0 atom stereocenters. The lowest BCUT2D eigenvalue weighted by Gasteiger charge is -2.12. The van der Waals surface area contributed by atoms with Gasteiger partial charge in [-0.05, 0) is 31.9 Å². The number of hydrogen-bond donors (Lipinski definition) is 2. The van der Waals surface area contributed by atoms with Gasteiger partial charge in [0.25, 0.3) is 0 Å². The molecule has 0 unspecified atom stereocenters. The lowest BCUT2D eigenvalue weighted by molar-refractivity contribution is 0.581. The van der Waals surface area contributed by atoms with Gasteiger partial charge in [0.2, 0.25) is 10.0 Å². The molecule has 0 saturated heterocycles. The van der Waals surface area contributed by atoms with Crippen molar-refractivity contribution in [2.24, 2.45) is 5.73 Å². The number of aryl methyl sites for hydroxylation is 3. The van der Waals surface area contributed by atoms with E-state index in [1.807, 2.05) is 19.1 Å². The van der Waals surface area contributed by atoms with Gasteiger partial charge in [-0.15, -0.1) is 12.4 Å². The van der Waals surface area contributed by atoms with Crippen LogP contribution in [0.5, 0.6) is 0 Å². The fraction of sp³-hybridized carbons (Fsp3) is 0.455. The second kappa shape index (κ2) is 6.35. The van der Waals surface area contributed by atoms with Crippen LogP contribution in [0.15, 0.2) is 17.0 Å². The first-order valence-electron chi connectivity index (χ1n) is 5.16. The van der Waals surface area contributed by atoms with Crippen LogP contribution in [0.2, 0.25) is 0 Å². The largest absolute Gasteiger partial charge is 0.329 e. The molecule has 0 aromatic heterocycles. The van der Waals surface area contributed by atoms with E-state index in [-0.39, 0.29) is 19.0 Å². The quantitative estimate of drug-likeness (QED) is 0.871. The molecule has 3 N–H and O–H groups in total. The van der Waals surface area contributed by atoms with Crippen molar-refractivity contribution in [1.82, 2.24) is 4.72 Å². The minimum Gasteiger partial charge on any atom is -0.329 e. The fourth-order valence-corrected chi connectivity index (χ4v) is 3.35. The molecule has 1 aromatic rings. The summed E-state index contributed by atoms with van der Waals surface area (Å²) < 4.78 is 26.4. The van der Waals surface area contributed by atoms with E-state index in [1.54, 1.807) is 13.8 Å². The zero-order valence-electron chi connectivity index (χ0n) is 10.3. The predicted molar refractivity (Wildman–Crippen MR) is 72.1 cm³/mol. The highest BCUT2D eigenvalue weighted by Gasteiger charge is 2.18. The molecule has 0 heterocycles. The molecule has 17 heavy (non-hydrogen) atoms. The monoisotopic (exact) mass is 278 g/mol. The van der Waals surface area contributed by atoms with Gasteiger partial charge in [0.05, 0.1) is 4.90 Å². The third kappa shape index (κ3) is 3.96. The van der Waals surface area contributed by atoms with Crippen LogP contribution in [0.1, 0.15) is 16.7 Å². The van der Waals surface area contributed by atoms with Gasteiger partial charge in [-0.1, -0.05) is 17.7 Å². The molecular weight excluding hydrogens is 260 g/mol. The van der Waals surface area contributed by atoms with Crippen LogP contribution < -0.4 is 10.5 Å². The molecule has 1 aromatic carbocycles. The molecule has 0 amide bonds. The molecule has 0 spiro atoms. The van der Waals surface area contributed by atoms with Crippen LogP contribution in [0.25, 0.3) is 0 Å². The van der Waals surface area contributed by atoms with E-state index >= 15 is 0 Å². The van der Waals surface area contributed by atoms with E-state index in [0.29, 0.717) is 11.4 Å². The van der Waals surface area contributed by atoms with Crippen LogP contribution in [0, 0.1) is 20.8 Å². The van der Waals surface area contributed by atoms with E-state index in [4.69, 9.17) is 5.73 Å². The maximum absolute atomic E-state index is 12.0. The zero-order valence-corrected chi connectivity index (χ0v) is 11.9. The first-order chi connectivity index (χ1) is 7.38. The standard InChI is InChI=1S/C11H18N2O2S.ClH/c1-8-6-9(2)11(10(3)7-8)16(14,15)13-5-4-12;/h6-7,13H,4-5,12H2,1-3H3;1H. The summed E-state index contributed by atoms with van der Waals surface area (Å²) in [6.45, 7) is 6.11. The minimum absolute atomic E-state index is 0. The lowest BCUT2D eigenvalue weighted by Crippen LogP contribution is -2.30. The van der Waals surface area contributed by atoms with Crippen molar-refractivity contribution in [2.75, 3.05) is 13.1 Å². The summed E-state index contributed by atoms with van der Waals surface area (Å²) in [4.78, 5) is 0.367. The third-order valence-corrected chi connectivity index (χ3v) is 4.08. The first kappa shape index (κ1) is 16.4. The van der Waals surface area contributed by atoms with Crippen molar-refractivity contribution in [3.63, 3.8) is 0 Å². The Bertz CT molecular complexity index is 463. The normalized spacial score (nSPS) is 11.1. The molecule has 0 bridgehead atoms. The highest BCUT2D eigenvalue weighted by molar-refractivity contribution is 7.89. The number of halogens is 1. The molecular formula is C11H19ClN2O2S. The number of nitrogens with one attached hydrogen (secondary N) is 1. The number of sulfonamides is 1. The minimum atomic E-state index is -3.43. The van der Waals surface area contributed by atoms with Gasteiger partial charge in [0, 0.05) is 13.1 Å². The van der Waals surface area contributed by atoms with Crippen LogP contribution in [-0.2, 0) is 10.0 Å². The average molecular weight is 279 g/mol. The number of rotatable bonds is 4. The topological polar surface area (TPSA) is 72.2 Å². The maximum Gasteiger partial charge on any atom is 0.241 e. The van der Waals surface area contributed by atoms with Crippen LogP contribution >= 0.6 is 12.4 Å². The molecule has 0 saturated carbocycles. The van der Waals surface area contributed by atoms with Crippen LogP contribution in [-0.4, -0.2) is 21.5 Å². The van der Waals surface area contributed by atoms with E-state index < -0.39 is 10.0 Å². The zero-order chi connectivity index (χ0) is 12.3. The maximum atomic E-state index is 12.0. The number of nitrogens with two attached hydrogens (primary N) is 1. The van der Waals surface area contributed by atoms with E-state index in [9.17, 15) is 8.42 Å². The van der Waals surface area contributed by atoms with Gasteiger partial charge in [-0.3, -0.25) is 0 Å². The third-order valence-electron chi connectivity index (χ3n) is 2.31. The second-order valence-electron chi connectivity index (χ2n) is 3.91. The van der Waals surface area contributed by atoms with Crippen molar-refractivity contribution >= 4 is 22.4 Å². The van der Waals surface area contributed by atoms with E-state index in [0.717, 1.165) is 16.7 Å². The summed E-state index contributed by atoms with van der Waals surface area (Å²) in [6.07, 6.45) is 0. The lowest BCUT2D eigenvalue weighted by atomic mass is 10.1. The Hall–Kier alpha value is -0.620. The smallest absolute Gasteiger partial charge is 0.241 e. The van der Waals surface area contributed by atoms with E-state index in [2.05, 4.69) is 4.72 Å². The molecule has 4 nitrogen and oxygen atoms in total. The van der Waals surface area contributed by atoms with Crippen molar-refractivity contribution < 1.29 is 8.42 Å². The number of benzene rings is 1.